The largest absolute Gasteiger partial charge is 0.353 e. The molecule has 0 radical (unpaired) electrons. The molecule has 1 saturated carbocycles. The number of likely N-dealkylation sites (tertiary alicyclic amines) is 1. The minimum atomic E-state index is -0.0586. The highest BCUT2D eigenvalue weighted by Crippen LogP contribution is 2.40. The molecule has 8 heteroatoms. The van der Waals surface area contributed by atoms with Crippen LogP contribution in [0.15, 0.2) is 0 Å². The average molecular weight is 483 g/mol. The van der Waals surface area contributed by atoms with Gasteiger partial charge in [0.1, 0.15) is 16.5 Å². The summed E-state index contributed by atoms with van der Waals surface area (Å²) in [4.78, 5) is 33.0. The van der Waals surface area contributed by atoms with E-state index in [-0.39, 0.29) is 11.9 Å². The maximum absolute atomic E-state index is 12.6. The summed E-state index contributed by atoms with van der Waals surface area (Å²) < 4.78 is 0. The molecule has 0 spiro atoms. The van der Waals surface area contributed by atoms with E-state index in [2.05, 4.69) is 26.9 Å². The number of aromatic nitrogens is 2. The Hall–Kier alpha value is -1.77. The van der Waals surface area contributed by atoms with Gasteiger partial charge in [-0.15, -0.1) is 11.3 Å². The number of piperazine rings is 1. The van der Waals surface area contributed by atoms with E-state index in [4.69, 9.17) is 9.97 Å². The predicted molar refractivity (Wildman–Crippen MR) is 138 cm³/mol. The maximum atomic E-state index is 12.6. The molecule has 1 atom stereocenters. The molecule has 2 aromatic rings. The highest BCUT2D eigenvalue weighted by molar-refractivity contribution is 7.19. The van der Waals surface area contributed by atoms with Gasteiger partial charge < -0.3 is 10.2 Å². The van der Waals surface area contributed by atoms with Gasteiger partial charge in [-0.2, -0.15) is 0 Å². The van der Waals surface area contributed by atoms with E-state index in [1.54, 1.807) is 0 Å². The molecule has 0 aromatic carbocycles. The van der Waals surface area contributed by atoms with Crippen LogP contribution in [-0.2, 0) is 24.2 Å². The van der Waals surface area contributed by atoms with Crippen molar-refractivity contribution in [1.29, 1.82) is 0 Å². The van der Waals surface area contributed by atoms with Crippen molar-refractivity contribution in [1.82, 2.24) is 25.1 Å². The molecule has 4 heterocycles. The number of nitrogens with zero attached hydrogens (tertiary/aromatic N) is 5. The van der Waals surface area contributed by atoms with E-state index in [1.165, 1.54) is 59.2 Å². The van der Waals surface area contributed by atoms with Crippen molar-refractivity contribution in [2.45, 2.75) is 83.3 Å². The minimum Gasteiger partial charge on any atom is -0.353 e. The zero-order valence-electron chi connectivity index (χ0n) is 20.5. The molecule has 3 fully saturated rings. The van der Waals surface area contributed by atoms with Gasteiger partial charge in [-0.1, -0.05) is 6.42 Å². The summed E-state index contributed by atoms with van der Waals surface area (Å²) in [5.74, 6) is 2.34. The number of piperidine rings is 1. The number of hydrogen-bond donors (Lipinski definition) is 1. The van der Waals surface area contributed by atoms with Gasteiger partial charge >= 0.3 is 0 Å². The number of carbonyl (C=O) groups excluding carboxylic acids is 1. The second-order valence-electron chi connectivity index (χ2n) is 10.7. The number of anilines is 1. The first-order valence-corrected chi connectivity index (χ1v) is 14.3. The molecule has 6 rings (SSSR count). The summed E-state index contributed by atoms with van der Waals surface area (Å²) in [5, 5.41) is 4.51. The van der Waals surface area contributed by atoms with Crippen LogP contribution in [0, 0.1) is 0 Å². The molecular formula is C26H38N6OS. The Labute approximate surface area is 206 Å². The first-order chi connectivity index (χ1) is 16.7. The molecule has 0 unspecified atom stereocenters. The molecule has 1 N–H and O–H groups in total. The van der Waals surface area contributed by atoms with Crippen molar-refractivity contribution >= 4 is 33.3 Å². The summed E-state index contributed by atoms with van der Waals surface area (Å²) in [7, 11) is 0. The molecule has 7 nitrogen and oxygen atoms in total. The van der Waals surface area contributed by atoms with Crippen LogP contribution in [0.5, 0.6) is 0 Å². The smallest absolute Gasteiger partial charge is 0.237 e. The lowest BCUT2D eigenvalue weighted by Gasteiger charge is -2.38. The van der Waals surface area contributed by atoms with E-state index in [1.807, 2.05) is 11.3 Å². The summed E-state index contributed by atoms with van der Waals surface area (Å²) in [6.45, 7) is 8.89. The normalized spacial score (nSPS) is 23.1. The SMILES string of the molecule is C[C@@H](C(=O)NC1CC1)N1CCN(c2nc(CN3CCCCC3)nc3sc4c(c23)CCCC4)CC1. The standard InChI is InChI=1S/C26H38N6OS/c1-18(25(33)27-19-9-10-19)31-13-15-32(16-14-31)24-23-20-7-3-4-8-21(20)34-26(23)29-22(28-24)17-30-11-5-2-6-12-30/h18-19H,2-17H2,1H3,(H,27,33)/t18-/m0/s1. The Kier molecular flexibility index (Phi) is 6.47. The molecule has 2 aromatic heterocycles. The van der Waals surface area contributed by atoms with Crippen LogP contribution in [0.25, 0.3) is 10.2 Å². The second-order valence-corrected chi connectivity index (χ2v) is 11.8. The molecule has 4 aliphatic rings. The van der Waals surface area contributed by atoms with Crippen molar-refractivity contribution in [3.63, 3.8) is 0 Å². The molecular weight excluding hydrogens is 444 g/mol. The third-order valence-corrected chi connectivity index (χ3v) is 9.31. The number of hydrogen-bond acceptors (Lipinski definition) is 7. The molecule has 184 valence electrons. The monoisotopic (exact) mass is 482 g/mol. The van der Waals surface area contributed by atoms with Gasteiger partial charge in [0.25, 0.3) is 0 Å². The Morgan fingerprint density at radius 3 is 2.53 bits per heavy atom. The van der Waals surface area contributed by atoms with Crippen molar-refractivity contribution in [3.05, 3.63) is 16.3 Å². The summed E-state index contributed by atoms with van der Waals surface area (Å²) in [6.07, 6.45) is 11.1. The lowest BCUT2D eigenvalue weighted by Crippen LogP contribution is -2.54. The van der Waals surface area contributed by atoms with Crippen LogP contribution in [0.3, 0.4) is 0 Å². The van der Waals surface area contributed by atoms with Crippen LogP contribution in [0.2, 0.25) is 0 Å². The van der Waals surface area contributed by atoms with Crippen molar-refractivity contribution in [2.24, 2.45) is 0 Å². The van der Waals surface area contributed by atoms with Gasteiger partial charge in [0, 0.05) is 37.1 Å². The number of carbonyl (C=O) groups is 1. The highest BCUT2D eigenvalue weighted by atomic mass is 32.1. The van der Waals surface area contributed by atoms with Gasteiger partial charge in [-0.25, -0.2) is 9.97 Å². The topological polar surface area (TPSA) is 64.6 Å². The van der Waals surface area contributed by atoms with Gasteiger partial charge in [0.05, 0.1) is 18.0 Å². The molecule has 34 heavy (non-hydrogen) atoms. The third kappa shape index (κ3) is 4.69. The van der Waals surface area contributed by atoms with Crippen molar-refractivity contribution < 1.29 is 4.79 Å². The fourth-order valence-corrected chi connectivity index (χ4v) is 7.11. The maximum Gasteiger partial charge on any atom is 0.237 e. The van der Waals surface area contributed by atoms with Crippen molar-refractivity contribution in [3.8, 4) is 0 Å². The Morgan fingerprint density at radius 1 is 1.00 bits per heavy atom. The van der Waals surface area contributed by atoms with Crippen LogP contribution >= 0.6 is 11.3 Å². The van der Waals surface area contributed by atoms with Crippen LogP contribution in [-0.4, -0.2) is 77.0 Å². The predicted octanol–water partition coefficient (Wildman–Crippen LogP) is 3.35. The van der Waals surface area contributed by atoms with E-state index >= 15 is 0 Å². The Balaban J connectivity index is 1.24. The number of nitrogens with one attached hydrogen (secondary N) is 1. The second kappa shape index (κ2) is 9.70. The highest BCUT2D eigenvalue weighted by Gasteiger charge is 2.31. The van der Waals surface area contributed by atoms with Gasteiger partial charge in [-0.05, 0) is 76.9 Å². The number of fused-ring (bicyclic) bond motifs is 3. The molecule has 2 saturated heterocycles. The average Bonchev–Trinajstić information content (AvgIpc) is 3.61. The number of rotatable bonds is 6. The molecule has 1 amide bonds. The zero-order chi connectivity index (χ0) is 23.1. The molecule has 0 bridgehead atoms. The van der Waals surface area contributed by atoms with E-state index in [0.29, 0.717) is 6.04 Å². The van der Waals surface area contributed by atoms with Crippen molar-refractivity contribution in [2.75, 3.05) is 44.2 Å². The summed E-state index contributed by atoms with van der Waals surface area (Å²) >= 11 is 1.92. The van der Waals surface area contributed by atoms with E-state index < -0.39 is 0 Å². The minimum absolute atomic E-state index is 0.0586. The zero-order valence-corrected chi connectivity index (χ0v) is 21.3. The number of aryl methyl sites for hydroxylation is 2. The van der Waals surface area contributed by atoms with Gasteiger partial charge in [0.2, 0.25) is 5.91 Å². The van der Waals surface area contributed by atoms with Gasteiger partial charge in [0.15, 0.2) is 0 Å². The van der Waals surface area contributed by atoms with Crippen LogP contribution < -0.4 is 10.2 Å². The fraction of sp³-hybridized carbons (Fsp3) is 0.731. The number of thiophene rings is 1. The number of amides is 1. The Morgan fingerprint density at radius 2 is 1.76 bits per heavy atom. The summed E-state index contributed by atoms with van der Waals surface area (Å²) in [6, 6.07) is 0.366. The van der Waals surface area contributed by atoms with Crippen LogP contribution in [0.4, 0.5) is 5.82 Å². The lowest BCUT2D eigenvalue weighted by molar-refractivity contribution is -0.126. The van der Waals surface area contributed by atoms with Gasteiger partial charge in [-0.3, -0.25) is 14.6 Å². The van der Waals surface area contributed by atoms with E-state index in [0.717, 1.165) is 76.7 Å². The summed E-state index contributed by atoms with van der Waals surface area (Å²) in [5.41, 5.74) is 1.52. The van der Waals surface area contributed by atoms with Crippen LogP contribution in [0.1, 0.15) is 68.1 Å². The quantitative estimate of drug-likeness (QED) is 0.681. The first-order valence-electron chi connectivity index (χ1n) is 13.5. The van der Waals surface area contributed by atoms with E-state index in [9.17, 15) is 4.79 Å². The Bertz CT molecular complexity index is 1040. The molecule has 2 aliphatic heterocycles. The molecule has 2 aliphatic carbocycles. The fourth-order valence-electron chi connectivity index (χ4n) is 5.83. The third-order valence-electron chi connectivity index (χ3n) is 8.12. The first kappa shape index (κ1) is 22.7. The lowest BCUT2D eigenvalue weighted by atomic mass is 9.97.